The largest absolute Gasteiger partial charge is 0.323 e. The highest BCUT2D eigenvalue weighted by Crippen LogP contribution is 2.31. The zero-order valence-corrected chi connectivity index (χ0v) is 13.8. The SMILES string of the molecule is CC[C@H]1C=CCN1C(=O)Nc1c(-c2ccccc2)c(C)nn1C. The Morgan fingerprint density at radius 3 is 2.78 bits per heavy atom. The van der Waals surface area contributed by atoms with Gasteiger partial charge in [-0.05, 0) is 18.9 Å². The minimum atomic E-state index is -0.0815. The van der Waals surface area contributed by atoms with Gasteiger partial charge in [0.25, 0.3) is 0 Å². The molecule has 1 aliphatic heterocycles. The number of carbonyl (C=O) groups is 1. The molecule has 1 N–H and O–H groups in total. The number of amides is 2. The molecule has 0 unspecified atom stereocenters. The molecule has 1 aromatic carbocycles. The number of nitrogens with one attached hydrogen (secondary N) is 1. The minimum absolute atomic E-state index is 0.0815. The van der Waals surface area contributed by atoms with Crippen LogP contribution >= 0.6 is 0 Å². The van der Waals surface area contributed by atoms with E-state index in [0.717, 1.165) is 29.1 Å². The zero-order chi connectivity index (χ0) is 16.4. The van der Waals surface area contributed by atoms with Crippen molar-refractivity contribution in [3.05, 3.63) is 48.2 Å². The Balaban J connectivity index is 1.90. The first-order valence-corrected chi connectivity index (χ1v) is 7.95. The molecule has 1 atom stereocenters. The molecule has 0 spiro atoms. The van der Waals surface area contributed by atoms with Crippen LogP contribution in [0.15, 0.2) is 42.5 Å². The van der Waals surface area contributed by atoms with Crippen LogP contribution in [0.5, 0.6) is 0 Å². The highest BCUT2D eigenvalue weighted by atomic mass is 16.2. The van der Waals surface area contributed by atoms with Gasteiger partial charge in [0.2, 0.25) is 0 Å². The van der Waals surface area contributed by atoms with Crippen LogP contribution in [0.4, 0.5) is 10.6 Å². The first-order valence-electron chi connectivity index (χ1n) is 7.95. The molecule has 23 heavy (non-hydrogen) atoms. The summed E-state index contributed by atoms with van der Waals surface area (Å²) in [6.45, 7) is 4.70. The van der Waals surface area contributed by atoms with E-state index in [1.165, 1.54) is 0 Å². The lowest BCUT2D eigenvalue weighted by atomic mass is 10.1. The van der Waals surface area contributed by atoms with E-state index < -0.39 is 0 Å². The van der Waals surface area contributed by atoms with Gasteiger partial charge in [0, 0.05) is 19.2 Å². The van der Waals surface area contributed by atoms with Gasteiger partial charge in [-0.1, -0.05) is 49.4 Å². The van der Waals surface area contributed by atoms with E-state index >= 15 is 0 Å². The van der Waals surface area contributed by atoms with Crippen LogP contribution in [0.2, 0.25) is 0 Å². The molecule has 120 valence electrons. The molecule has 0 radical (unpaired) electrons. The lowest BCUT2D eigenvalue weighted by Gasteiger charge is -2.24. The fourth-order valence-corrected chi connectivity index (χ4v) is 3.09. The lowest BCUT2D eigenvalue weighted by molar-refractivity contribution is 0.209. The third-order valence-electron chi connectivity index (χ3n) is 4.25. The number of rotatable bonds is 3. The van der Waals surface area contributed by atoms with Crippen LogP contribution in [-0.4, -0.2) is 33.3 Å². The van der Waals surface area contributed by atoms with Crippen LogP contribution in [0.1, 0.15) is 19.0 Å². The molecule has 2 heterocycles. The number of anilines is 1. The summed E-state index contributed by atoms with van der Waals surface area (Å²) in [6, 6.07) is 10.1. The molecule has 0 aliphatic carbocycles. The fraction of sp³-hybridized carbons (Fsp3) is 0.333. The van der Waals surface area contributed by atoms with Crippen molar-refractivity contribution in [3.8, 4) is 11.1 Å². The standard InChI is InChI=1S/C18H22N4O/c1-4-15-11-8-12-22(15)18(23)19-17-16(13(2)20-21(17)3)14-9-6-5-7-10-14/h5-11,15H,4,12H2,1-3H3,(H,19,23)/t15-/m0/s1. The number of aromatic nitrogens is 2. The molecule has 2 amide bonds. The number of aryl methyl sites for hydroxylation is 2. The first-order chi connectivity index (χ1) is 11.1. The number of nitrogens with zero attached hydrogens (tertiary/aromatic N) is 3. The number of hydrogen-bond acceptors (Lipinski definition) is 2. The van der Waals surface area contributed by atoms with Crippen molar-refractivity contribution in [1.82, 2.24) is 14.7 Å². The third-order valence-corrected chi connectivity index (χ3v) is 4.25. The molecular formula is C18H22N4O. The first kappa shape index (κ1) is 15.3. The molecule has 0 fully saturated rings. The molecule has 2 aromatic rings. The molecule has 3 rings (SSSR count). The van der Waals surface area contributed by atoms with Gasteiger partial charge in [0.1, 0.15) is 5.82 Å². The van der Waals surface area contributed by atoms with Gasteiger partial charge in [-0.15, -0.1) is 0 Å². The average molecular weight is 310 g/mol. The summed E-state index contributed by atoms with van der Waals surface area (Å²) >= 11 is 0. The van der Waals surface area contributed by atoms with Gasteiger partial charge in [-0.3, -0.25) is 10.00 Å². The molecular weight excluding hydrogens is 288 g/mol. The van der Waals surface area contributed by atoms with Gasteiger partial charge >= 0.3 is 6.03 Å². The van der Waals surface area contributed by atoms with E-state index in [0.29, 0.717) is 6.54 Å². The normalized spacial score (nSPS) is 16.8. The summed E-state index contributed by atoms with van der Waals surface area (Å²) in [5.41, 5.74) is 2.93. The number of hydrogen-bond donors (Lipinski definition) is 1. The Bertz CT molecular complexity index is 733. The molecule has 5 heteroatoms. The summed E-state index contributed by atoms with van der Waals surface area (Å²) in [5.74, 6) is 0.737. The van der Waals surface area contributed by atoms with Crippen molar-refractivity contribution in [2.75, 3.05) is 11.9 Å². The van der Waals surface area contributed by atoms with E-state index in [2.05, 4.69) is 23.4 Å². The van der Waals surface area contributed by atoms with Crippen molar-refractivity contribution in [2.24, 2.45) is 7.05 Å². The summed E-state index contributed by atoms with van der Waals surface area (Å²) in [5, 5.41) is 7.53. The molecule has 1 aromatic heterocycles. The molecule has 5 nitrogen and oxygen atoms in total. The van der Waals surface area contributed by atoms with E-state index in [1.54, 1.807) is 4.68 Å². The van der Waals surface area contributed by atoms with Gasteiger partial charge in [-0.2, -0.15) is 5.10 Å². The smallest absolute Gasteiger partial charge is 0.314 e. The Labute approximate surface area is 136 Å². The second kappa shape index (κ2) is 6.28. The van der Waals surface area contributed by atoms with Crippen molar-refractivity contribution < 1.29 is 4.79 Å². The van der Waals surface area contributed by atoms with Crippen molar-refractivity contribution in [1.29, 1.82) is 0 Å². The van der Waals surface area contributed by atoms with Crippen LogP contribution in [0, 0.1) is 6.92 Å². The monoisotopic (exact) mass is 310 g/mol. The van der Waals surface area contributed by atoms with Crippen molar-refractivity contribution in [3.63, 3.8) is 0 Å². The Morgan fingerprint density at radius 1 is 1.35 bits per heavy atom. The van der Waals surface area contributed by atoms with E-state index in [1.807, 2.05) is 55.3 Å². The van der Waals surface area contributed by atoms with Gasteiger partial charge < -0.3 is 4.90 Å². The topological polar surface area (TPSA) is 50.2 Å². The fourth-order valence-electron chi connectivity index (χ4n) is 3.09. The Kier molecular flexibility index (Phi) is 4.19. The van der Waals surface area contributed by atoms with Crippen LogP contribution < -0.4 is 5.32 Å². The molecule has 0 bridgehead atoms. The minimum Gasteiger partial charge on any atom is -0.314 e. The second-order valence-electron chi connectivity index (χ2n) is 5.78. The van der Waals surface area contributed by atoms with Crippen LogP contribution in [-0.2, 0) is 7.05 Å². The summed E-state index contributed by atoms with van der Waals surface area (Å²) < 4.78 is 1.74. The maximum atomic E-state index is 12.7. The number of carbonyl (C=O) groups excluding carboxylic acids is 1. The van der Waals surface area contributed by atoms with Gasteiger partial charge in [0.15, 0.2) is 0 Å². The molecule has 1 aliphatic rings. The predicted molar refractivity (Wildman–Crippen MR) is 92.3 cm³/mol. The summed E-state index contributed by atoms with van der Waals surface area (Å²) in [4.78, 5) is 14.5. The molecule has 0 saturated carbocycles. The zero-order valence-electron chi connectivity index (χ0n) is 13.8. The van der Waals surface area contributed by atoms with Crippen LogP contribution in [0.3, 0.4) is 0 Å². The Hall–Kier alpha value is -2.56. The highest BCUT2D eigenvalue weighted by molar-refractivity contribution is 5.94. The predicted octanol–water partition coefficient (Wildman–Crippen LogP) is 3.58. The maximum absolute atomic E-state index is 12.7. The third kappa shape index (κ3) is 2.86. The summed E-state index contributed by atoms with van der Waals surface area (Å²) in [6.07, 6.45) is 5.05. The lowest BCUT2D eigenvalue weighted by Crippen LogP contribution is -2.39. The van der Waals surface area contributed by atoms with E-state index in [-0.39, 0.29) is 12.1 Å². The molecule has 0 saturated heterocycles. The average Bonchev–Trinajstić information content (AvgIpc) is 3.13. The van der Waals surface area contributed by atoms with E-state index in [4.69, 9.17) is 0 Å². The van der Waals surface area contributed by atoms with Crippen molar-refractivity contribution >= 4 is 11.8 Å². The van der Waals surface area contributed by atoms with Gasteiger partial charge in [-0.25, -0.2) is 4.79 Å². The number of urea groups is 1. The highest BCUT2D eigenvalue weighted by Gasteiger charge is 2.25. The summed E-state index contributed by atoms with van der Waals surface area (Å²) in [7, 11) is 1.86. The number of benzene rings is 1. The van der Waals surface area contributed by atoms with Crippen LogP contribution in [0.25, 0.3) is 11.1 Å². The van der Waals surface area contributed by atoms with E-state index in [9.17, 15) is 4.79 Å². The van der Waals surface area contributed by atoms with Gasteiger partial charge in [0.05, 0.1) is 11.7 Å². The Morgan fingerprint density at radius 2 is 2.09 bits per heavy atom. The quantitative estimate of drug-likeness (QED) is 0.881. The maximum Gasteiger partial charge on any atom is 0.323 e. The van der Waals surface area contributed by atoms with Crippen molar-refractivity contribution in [2.45, 2.75) is 26.3 Å². The second-order valence-corrected chi connectivity index (χ2v) is 5.78.